The minimum Gasteiger partial charge on any atom is -0.444 e. The number of unbranched alkanes of at least 4 members (excludes halogenated alkanes) is 1. The highest BCUT2D eigenvalue weighted by Crippen LogP contribution is 2.48. The van der Waals surface area contributed by atoms with Crippen molar-refractivity contribution in [1.82, 2.24) is 9.62 Å². The molecule has 1 atom stereocenters. The molecule has 0 bridgehead atoms. The molecule has 15 heteroatoms. The van der Waals surface area contributed by atoms with Crippen LogP contribution in [-0.4, -0.2) is 76.1 Å². The van der Waals surface area contributed by atoms with Crippen LogP contribution < -0.4 is 10.6 Å². The second-order valence-electron chi connectivity index (χ2n) is 12.3. The number of benzene rings is 1. The zero-order valence-electron chi connectivity index (χ0n) is 27.1. The van der Waals surface area contributed by atoms with Crippen molar-refractivity contribution in [3.63, 3.8) is 0 Å². The first-order valence-electron chi connectivity index (χ1n) is 14.2. The Hall–Kier alpha value is -2.22. The molecular formula is C28H50N3O10PS. The van der Waals surface area contributed by atoms with Gasteiger partial charge in [0.2, 0.25) is 10.0 Å². The van der Waals surface area contributed by atoms with Gasteiger partial charge in [0, 0.05) is 39.0 Å². The Morgan fingerprint density at radius 1 is 0.907 bits per heavy atom. The summed E-state index contributed by atoms with van der Waals surface area (Å²) < 4.78 is 67.7. The third kappa shape index (κ3) is 14.9. The summed E-state index contributed by atoms with van der Waals surface area (Å²) in [6.45, 7) is 14.5. The predicted octanol–water partition coefficient (Wildman–Crippen LogP) is 6.16. The Morgan fingerprint density at radius 2 is 1.44 bits per heavy atom. The molecule has 43 heavy (non-hydrogen) atoms. The van der Waals surface area contributed by atoms with E-state index in [1.165, 1.54) is 42.8 Å². The number of amides is 2. The molecule has 0 fully saturated rings. The van der Waals surface area contributed by atoms with Gasteiger partial charge in [-0.05, 0) is 84.6 Å². The number of alkyl carbamates (subject to hydrolysis) is 1. The number of ether oxygens (including phenoxy) is 2. The summed E-state index contributed by atoms with van der Waals surface area (Å²) in [6.07, 6.45) is 0.165. The van der Waals surface area contributed by atoms with Crippen molar-refractivity contribution in [2.75, 3.05) is 39.2 Å². The topological polar surface area (TPSA) is 159 Å². The van der Waals surface area contributed by atoms with Gasteiger partial charge in [-0.1, -0.05) is 20.3 Å². The van der Waals surface area contributed by atoms with Gasteiger partial charge in [-0.25, -0.2) is 22.6 Å². The average molecular weight is 652 g/mol. The van der Waals surface area contributed by atoms with Gasteiger partial charge >= 0.3 is 20.0 Å². The highest BCUT2D eigenvalue weighted by molar-refractivity contribution is 7.89. The van der Waals surface area contributed by atoms with E-state index in [2.05, 4.69) is 10.6 Å². The molecule has 0 heterocycles. The van der Waals surface area contributed by atoms with Crippen molar-refractivity contribution >= 4 is 35.7 Å². The molecule has 0 spiro atoms. The molecule has 0 saturated carbocycles. The van der Waals surface area contributed by atoms with Gasteiger partial charge in [0.1, 0.15) is 11.2 Å². The molecule has 0 aliphatic heterocycles. The highest BCUT2D eigenvalue weighted by atomic mass is 32.2. The molecular weight excluding hydrogens is 601 g/mol. The van der Waals surface area contributed by atoms with Crippen LogP contribution >= 0.6 is 7.82 Å². The number of carbonyl (C=O) groups excluding carboxylic acids is 2. The minimum absolute atomic E-state index is 0.00106. The van der Waals surface area contributed by atoms with Crippen LogP contribution in [0, 0.1) is 5.92 Å². The standard InChI is InChI=1S/C28H50N3O10PS/c1-21(2)19-31(43(35,36)24-16-14-22(15-17-24)30-26(33)41-28(6,7)8)23(20-39-42(34,37-9)38-10)13-11-12-18-29-25(32)40-27(3,4)5/h14-17,21,23H,11-13,18-20H2,1-10H3,(H,29,32)(H,30,33)/t23-/m0/s1. The first-order valence-corrected chi connectivity index (χ1v) is 17.1. The number of hydrogen-bond donors (Lipinski definition) is 2. The third-order valence-corrected chi connectivity index (χ3v) is 8.86. The van der Waals surface area contributed by atoms with Crippen LogP contribution in [0.5, 0.6) is 0 Å². The van der Waals surface area contributed by atoms with Crippen molar-refractivity contribution in [2.45, 2.75) is 96.8 Å². The zero-order valence-corrected chi connectivity index (χ0v) is 28.8. The summed E-state index contributed by atoms with van der Waals surface area (Å²) >= 11 is 0. The number of sulfonamides is 1. The van der Waals surface area contributed by atoms with Crippen molar-refractivity contribution < 1.29 is 45.6 Å². The van der Waals surface area contributed by atoms with Gasteiger partial charge in [-0.2, -0.15) is 4.31 Å². The van der Waals surface area contributed by atoms with Crippen LogP contribution in [0.1, 0.15) is 74.7 Å². The van der Waals surface area contributed by atoms with E-state index in [1.807, 2.05) is 13.8 Å². The summed E-state index contributed by atoms with van der Waals surface area (Å²) in [7, 11) is -5.62. The van der Waals surface area contributed by atoms with Gasteiger partial charge < -0.3 is 14.8 Å². The molecule has 0 unspecified atom stereocenters. The molecule has 2 N–H and O–H groups in total. The SMILES string of the molecule is COP(=O)(OC)OC[C@H](CCCCNC(=O)OC(C)(C)C)N(CC(C)C)S(=O)(=O)c1ccc(NC(=O)OC(C)(C)C)cc1. The quantitative estimate of drug-likeness (QED) is 0.157. The maximum atomic E-state index is 14.0. The molecule has 1 aromatic carbocycles. The van der Waals surface area contributed by atoms with E-state index in [4.69, 9.17) is 23.0 Å². The Labute approximate surface area is 257 Å². The second kappa shape index (κ2) is 16.7. The molecule has 0 aliphatic carbocycles. The second-order valence-corrected chi connectivity index (χ2v) is 16.1. The van der Waals surface area contributed by atoms with E-state index in [0.717, 1.165) is 0 Å². The van der Waals surface area contributed by atoms with Crippen molar-refractivity contribution in [2.24, 2.45) is 5.92 Å². The number of hydrogen-bond acceptors (Lipinski definition) is 10. The van der Waals surface area contributed by atoms with Crippen LogP contribution in [0.4, 0.5) is 15.3 Å². The fourth-order valence-corrected chi connectivity index (χ4v) is 6.27. The Kier molecular flexibility index (Phi) is 15.1. The van der Waals surface area contributed by atoms with Gasteiger partial charge in [0.05, 0.1) is 11.5 Å². The molecule has 1 rings (SSSR count). The van der Waals surface area contributed by atoms with Gasteiger partial charge in [0.25, 0.3) is 0 Å². The summed E-state index contributed by atoms with van der Waals surface area (Å²) in [5, 5.41) is 5.27. The summed E-state index contributed by atoms with van der Waals surface area (Å²) in [5.41, 5.74) is -0.954. The molecule has 0 aliphatic rings. The zero-order chi connectivity index (χ0) is 33.1. The minimum atomic E-state index is -4.08. The van der Waals surface area contributed by atoms with Gasteiger partial charge in [-0.15, -0.1) is 0 Å². The van der Waals surface area contributed by atoms with Crippen LogP contribution in [0.25, 0.3) is 0 Å². The number of nitrogens with one attached hydrogen (secondary N) is 2. The smallest absolute Gasteiger partial charge is 0.444 e. The summed E-state index contributed by atoms with van der Waals surface area (Å²) in [6, 6.07) is 5.00. The van der Waals surface area contributed by atoms with Gasteiger partial charge in [0.15, 0.2) is 0 Å². The third-order valence-electron chi connectivity index (χ3n) is 5.56. The lowest BCUT2D eigenvalue weighted by atomic mass is 10.1. The molecule has 2 amide bonds. The van der Waals surface area contributed by atoms with Crippen molar-refractivity contribution in [3.05, 3.63) is 24.3 Å². The first kappa shape index (κ1) is 38.8. The van der Waals surface area contributed by atoms with E-state index in [-0.39, 0.29) is 24.0 Å². The Balaban J connectivity index is 3.18. The van der Waals surface area contributed by atoms with Crippen LogP contribution in [-0.2, 0) is 37.6 Å². The molecule has 248 valence electrons. The van der Waals surface area contributed by atoms with Crippen LogP contribution in [0.15, 0.2) is 29.2 Å². The average Bonchev–Trinajstić information content (AvgIpc) is 2.86. The largest absolute Gasteiger partial charge is 0.474 e. The number of carbonyl (C=O) groups is 2. The maximum Gasteiger partial charge on any atom is 0.474 e. The lowest BCUT2D eigenvalue weighted by Gasteiger charge is -2.32. The summed E-state index contributed by atoms with van der Waals surface area (Å²) in [5.74, 6) is -0.0594. The maximum absolute atomic E-state index is 14.0. The Morgan fingerprint density at radius 3 is 1.93 bits per heavy atom. The number of phosphoric ester groups is 1. The molecule has 13 nitrogen and oxygen atoms in total. The number of phosphoric acid groups is 1. The highest BCUT2D eigenvalue weighted by Gasteiger charge is 2.35. The number of anilines is 1. The fraction of sp³-hybridized carbons (Fsp3) is 0.714. The molecule has 1 aromatic rings. The van der Waals surface area contributed by atoms with Crippen LogP contribution in [0.3, 0.4) is 0 Å². The van der Waals surface area contributed by atoms with Crippen molar-refractivity contribution in [3.8, 4) is 0 Å². The van der Waals surface area contributed by atoms with E-state index in [1.54, 1.807) is 41.5 Å². The Bertz CT molecular complexity index is 1170. The lowest BCUT2D eigenvalue weighted by molar-refractivity contribution is 0.0525. The van der Waals surface area contributed by atoms with Crippen molar-refractivity contribution in [1.29, 1.82) is 0 Å². The predicted molar refractivity (Wildman–Crippen MR) is 164 cm³/mol. The van der Waals surface area contributed by atoms with E-state index < -0.39 is 47.3 Å². The van der Waals surface area contributed by atoms with Crippen LogP contribution in [0.2, 0.25) is 0 Å². The lowest BCUT2D eigenvalue weighted by Crippen LogP contribution is -2.45. The molecule has 0 saturated heterocycles. The molecule has 0 aromatic heterocycles. The monoisotopic (exact) mass is 651 g/mol. The first-order chi connectivity index (χ1) is 19.7. The van der Waals surface area contributed by atoms with E-state index in [9.17, 15) is 22.6 Å². The van der Waals surface area contributed by atoms with E-state index >= 15 is 0 Å². The fourth-order valence-electron chi connectivity index (χ4n) is 3.75. The molecule has 0 radical (unpaired) electrons. The number of nitrogens with zero attached hydrogens (tertiary/aromatic N) is 1. The summed E-state index contributed by atoms with van der Waals surface area (Å²) in [4.78, 5) is 24.1. The van der Waals surface area contributed by atoms with E-state index in [0.29, 0.717) is 31.5 Å². The number of rotatable bonds is 16. The normalized spacial score (nSPS) is 13.6. The van der Waals surface area contributed by atoms with Gasteiger partial charge in [-0.3, -0.25) is 18.9 Å².